The van der Waals surface area contributed by atoms with Gasteiger partial charge in [0.05, 0.1) is 35.4 Å². The van der Waals surface area contributed by atoms with Crippen LogP contribution in [0.1, 0.15) is 72.9 Å². The van der Waals surface area contributed by atoms with Crippen molar-refractivity contribution in [2.45, 2.75) is 66.2 Å². The molecule has 2 aromatic carbocycles. The largest absolute Gasteiger partial charge is 0.417 e. The number of benzene rings is 2. The van der Waals surface area contributed by atoms with Crippen molar-refractivity contribution < 1.29 is 18.0 Å². The van der Waals surface area contributed by atoms with Gasteiger partial charge in [-0.3, -0.25) is 14.2 Å². The third kappa shape index (κ3) is 6.57. The van der Waals surface area contributed by atoms with Gasteiger partial charge in [0.25, 0.3) is 11.5 Å². The number of fused-ring (bicyclic) bond motifs is 3. The molecule has 0 fully saturated rings. The number of hydrogen-bond donors (Lipinski definition) is 2. The zero-order valence-corrected chi connectivity index (χ0v) is 28.3. The topological polar surface area (TPSA) is 115 Å². The predicted molar refractivity (Wildman–Crippen MR) is 177 cm³/mol. The molecule has 0 saturated carbocycles. The lowest BCUT2D eigenvalue weighted by atomic mass is 9.97. The van der Waals surface area contributed by atoms with Crippen molar-refractivity contribution >= 4 is 33.2 Å². The first-order valence-electron chi connectivity index (χ1n) is 15.0. The molecule has 5 rings (SSSR count). The highest BCUT2D eigenvalue weighted by Crippen LogP contribution is 2.36. The van der Waals surface area contributed by atoms with Crippen LogP contribution in [0.15, 0.2) is 64.1 Å². The number of hydrogen-bond acceptors (Lipinski definition) is 6. The first-order valence-corrected chi connectivity index (χ1v) is 15.8. The van der Waals surface area contributed by atoms with Crippen LogP contribution in [0.25, 0.3) is 17.0 Å². The average Bonchev–Trinajstić information content (AvgIpc) is 3.40. The number of halogens is 4. The molecule has 1 aliphatic rings. The fourth-order valence-corrected chi connectivity index (χ4v) is 6.19. The summed E-state index contributed by atoms with van der Waals surface area (Å²) in [6.45, 7) is 9.93. The second-order valence-corrected chi connectivity index (χ2v) is 12.3. The van der Waals surface area contributed by atoms with Crippen molar-refractivity contribution in [3.63, 3.8) is 0 Å². The van der Waals surface area contributed by atoms with E-state index in [1.807, 2.05) is 38.1 Å². The molecule has 1 amide bonds. The molecule has 246 valence electrons. The fraction of sp³-hybridized carbons (Fsp3) is 0.364. The van der Waals surface area contributed by atoms with Gasteiger partial charge in [-0.05, 0) is 56.0 Å². The quantitative estimate of drug-likeness (QED) is 0.184. The maximum Gasteiger partial charge on any atom is 0.417 e. The van der Waals surface area contributed by atoms with Gasteiger partial charge < -0.3 is 15.6 Å². The molecule has 46 heavy (non-hydrogen) atoms. The standard InChI is InChI=1S/C31H33BrF3N7O2.C2H6/c1-17(2)11-21-15-38-42-27-16-40(29(43)20-7-10-25(32)24(13-20)31(33,34)35)18(3)12-23(27)30(44)41(28(21)42)22-8-5-19(6-9-22)26(14-36)39(4)37;1-2/h5-10,13-15,17-18H,11-12,16,36-37H2,1-4H3;1-2H3/b26-14-;. The van der Waals surface area contributed by atoms with E-state index in [9.17, 15) is 22.8 Å². The lowest BCUT2D eigenvalue weighted by molar-refractivity contribution is -0.138. The van der Waals surface area contributed by atoms with Crippen LogP contribution in [0.2, 0.25) is 0 Å². The lowest BCUT2D eigenvalue weighted by Gasteiger charge is -2.35. The van der Waals surface area contributed by atoms with Crippen LogP contribution in [0.3, 0.4) is 0 Å². The van der Waals surface area contributed by atoms with Crippen molar-refractivity contribution in [3.8, 4) is 5.69 Å². The minimum absolute atomic E-state index is 0.00849. The lowest BCUT2D eigenvalue weighted by Crippen LogP contribution is -2.46. The number of amides is 1. The Labute approximate surface area is 274 Å². The van der Waals surface area contributed by atoms with Gasteiger partial charge in [-0.2, -0.15) is 18.3 Å². The second kappa shape index (κ2) is 13.7. The van der Waals surface area contributed by atoms with Crippen molar-refractivity contribution in [2.24, 2.45) is 17.5 Å². The van der Waals surface area contributed by atoms with E-state index in [2.05, 4.69) is 34.9 Å². The third-order valence-electron chi connectivity index (χ3n) is 7.81. The molecule has 1 unspecified atom stereocenters. The Balaban J connectivity index is 0.00000235. The Hall–Kier alpha value is -4.10. The highest BCUT2D eigenvalue weighted by Gasteiger charge is 2.36. The van der Waals surface area contributed by atoms with Crippen LogP contribution in [0, 0.1) is 5.92 Å². The molecule has 0 aliphatic carbocycles. The molecule has 4 aromatic rings. The maximum absolute atomic E-state index is 14.3. The monoisotopic (exact) mass is 701 g/mol. The molecule has 0 spiro atoms. The number of nitrogens with two attached hydrogens (primary N) is 2. The SMILES string of the molecule is CC.CC(C)Cc1cnn2c3c(c(=O)n(-c4ccc(/C(=C/N)N(C)N)cc4)c12)CC(C)N(C(=O)c1ccc(Br)c(C(F)(F)F)c1)C3. The van der Waals surface area contributed by atoms with E-state index in [4.69, 9.17) is 11.6 Å². The number of alkyl halides is 3. The van der Waals surface area contributed by atoms with Gasteiger partial charge in [-0.15, -0.1) is 0 Å². The summed E-state index contributed by atoms with van der Waals surface area (Å²) in [4.78, 5) is 29.4. The van der Waals surface area contributed by atoms with Crippen LogP contribution in [-0.4, -0.2) is 43.1 Å². The Morgan fingerprint density at radius 1 is 1.15 bits per heavy atom. The molecule has 3 heterocycles. The first kappa shape index (κ1) is 34.8. The van der Waals surface area contributed by atoms with E-state index in [1.54, 1.807) is 29.3 Å². The number of hydrazine groups is 1. The minimum Gasteiger partial charge on any atom is -0.403 e. The molecule has 2 aromatic heterocycles. The number of nitrogens with zero attached hydrogens (tertiary/aromatic N) is 5. The van der Waals surface area contributed by atoms with Crippen LogP contribution < -0.4 is 17.1 Å². The Morgan fingerprint density at radius 3 is 2.35 bits per heavy atom. The van der Waals surface area contributed by atoms with E-state index in [1.165, 1.54) is 28.2 Å². The highest BCUT2D eigenvalue weighted by atomic mass is 79.9. The fourth-order valence-electron chi connectivity index (χ4n) is 5.72. The summed E-state index contributed by atoms with van der Waals surface area (Å²) in [5.41, 5.74) is 8.96. The molecular weight excluding hydrogens is 663 g/mol. The summed E-state index contributed by atoms with van der Waals surface area (Å²) in [5, 5.41) is 6.06. The summed E-state index contributed by atoms with van der Waals surface area (Å²) in [6, 6.07) is 10.3. The normalized spacial score (nSPS) is 15.1. The van der Waals surface area contributed by atoms with Gasteiger partial charge in [0.2, 0.25) is 0 Å². The number of rotatable bonds is 6. The molecule has 4 N–H and O–H groups in total. The second-order valence-electron chi connectivity index (χ2n) is 11.5. The van der Waals surface area contributed by atoms with Crippen molar-refractivity contribution in [2.75, 3.05) is 7.05 Å². The zero-order valence-electron chi connectivity index (χ0n) is 26.7. The van der Waals surface area contributed by atoms with Gasteiger partial charge in [-0.25, -0.2) is 10.4 Å². The third-order valence-corrected chi connectivity index (χ3v) is 8.50. The average molecular weight is 703 g/mol. The van der Waals surface area contributed by atoms with Crippen LogP contribution in [0.4, 0.5) is 13.2 Å². The van der Waals surface area contributed by atoms with Gasteiger partial charge in [-0.1, -0.05) is 55.8 Å². The smallest absolute Gasteiger partial charge is 0.403 e. The highest BCUT2D eigenvalue weighted by molar-refractivity contribution is 9.10. The maximum atomic E-state index is 14.3. The Bertz CT molecular complexity index is 1830. The molecule has 0 bridgehead atoms. The zero-order chi connectivity index (χ0) is 34.1. The van der Waals surface area contributed by atoms with Crippen LogP contribution in [-0.2, 0) is 25.6 Å². The van der Waals surface area contributed by atoms with E-state index >= 15 is 0 Å². The van der Waals surface area contributed by atoms with Gasteiger partial charge in [0.15, 0.2) is 0 Å². The summed E-state index contributed by atoms with van der Waals surface area (Å²) in [5.74, 6) is 5.62. The Kier molecular flexibility index (Phi) is 10.4. The summed E-state index contributed by atoms with van der Waals surface area (Å²) in [6.07, 6.45) is -0.644. The molecule has 9 nitrogen and oxygen atoms in total. The van der Waals surface area contributed by atoms with E-state index in [-0.39, 0.29) is 34.5 Å². The summed E-state index contributed by atoms with van der Waals surface area (Å²) < 4.78 is 44.0. The van der Waals surface area contributed by atoms with E-state index in [0.717, 1.165) is 17.2 Å². The molecular formula is C33H39BrF3N7O2. The molecule has 1 aliphatic heterocycles. The van der Waals surface area contributed by atoms with E-state index in [0.29, 0.717) is 34.7 Å². The number of aromatic nitrogens is 3. The van der Waals surface area contributed by atoms with E-state index < -0.39 is 23.7 Å². The predicted octanol–water partition coefficient (Wildman–Crippen LogP) is 6.14. The van der Waals surface area contributed by atoms with Crippen molar-refractivity contribution in [1.82, 2.24) is 24.1 Å². The molecule has 1 atom stereocenters. The van der Waals surface area contributed by atoms with Crippen LogP contribution in [0.5, 0.6) is 0 Å². The van der Waals surface area contributed by atoms with Crippen molar-refractivity contribution in [1.29, 1.82) is 0 Å². The number of carbonyl (C=O) groups excluding carboxylic acids is 1. The van der Waals surface area contributed by atoms with Gasteiger partial charge in [0.1, 0.15) is 5.65 Å². The minimum atomic E-state index is -4.63. The molecule has 0 radical (unpaired) electrons. The van der Waals surface area contributed by atoms with Gasteiger partial charge in [0, 0.05) is 46.0 Å². The van der Waals surface area contributed by atoms with Crippen molar-refractivity contribution in [3.05, 3.63) is 103 Å². The first-order chi connectivity index (χ1) is 21.7. The summed E-state index contributed by atoms with van der Waals surface area (Å²) >= 11 is 2.94. The summed E-state index contributed by atoms with van der Waals surface area (Å²) in [7, 11) is 1.68. The molecule has 13 heteroatoms. The number of carbonyl (C=O) groups is 1. The van der Waals surface area contributed by atoms with Gasteiger partial charge >= 0.3 is 6.18 Å². The van der Waals surface area contributed by atoms with Crippen LogP contribution >= 0.6 is 15.9 Å². The Morgan fingerprint density at radius 2 is 1.78 bits per heavy atom. The molecule has 0 saturated heterocycles.